The Balaban J connectivity index is -0.0000000453. The van der Waals surface area contributed by atoms with Crippen LogP contribution in [0.1, 0.15) is 41.5 Å². The minimum Gasteiger partial charge on any atom is -0.399 e. The summed E-state index contributed by atoms with van der Waals surface area (Å²) in [6.07, 6.45) is 3.02. The summed E-state index contributed by atoms with van der Waals surface area (Å²) < 4.78 is 0. The third-order valence-corrected chi connectivity index (χ3v) is 0.272. The van der Waals surface area contributed by atoms with Gasteiger partial charge >= 0.3 is 0 Å². The van der Waals surface area contributed by atoms with Crippen LogP contribution in [-0.4, -0.2) is 13.3 Å². The molecule has 0 radical (unpaired) electrons. The highest BCUT2D eigenvalue weighted by atomic mass is 16.6. The predicted octanol–water partition coefficient (Wildman–Crippen LogP) is 3.88. The van der Waals surface area contributed by atoms with Crippen LogP contribution < -0.4 is 0 Å². The van der Waals surface area contributed by atoms with E-state index < -0.39 is 0 Å². The lowest BCUT2D eigenvalue weighted by Crippen LogP contribution is -1.65. The SMILES string of the molecule is C=C/C=N\OC.CC.CC.CC. The molecular weight excluding hydrogens is 150 g/mol. The molecule has 0 rings (SSSR count). The summed E-state index contributed by atoms with van der Waals surface area (Å²) in [7, 11) is 1.49. The Kier molecular flexibility index (Phi) is 157. The molecule has 2 heteroatoms. The molecule has 0 bridgehead atoms. The zero-order valence-electron chi connectivity index (χ0n) is 9.72. The topological polar surface area (TPSA) is 21.6 Å². The Bertz CT molecular complexity index is 60.9. The van der Waals surface area contributed by atoms with Crippen molar-refractivity contribution in [3.63, 3.8) is 0 Å². The first-order valence-corrected chi connectivity index (χ1v) is 4.59. The quantitative estimate of drug-likeness (QED) is 0.461. The molecule has 0 aromatic carbocycles. The first-order chi connectivity index (χ1) is 5.91. The van der Waals surface area contributed by atoms with E-state index in [1.165, 1.54) is 13.3 Å². The fourth-order valence-corrected chi connectivity index (χ4v) is 0.104. The van der Waals surface area contributed by atoms with Crippen LogP contribution >= 0.6 is 0 Å². The van der Waals surface area contributed by atoms with E-state index in [1.807, 2.05) is 41.5 Å². The molecule has 0 atom stereocenters. The molecule has 0 aromatic heterocycles. The molecule has 0 fully saturated rings. The van der Waals surface area contributed by atoms with Crippen LogP contribution in [0.2, 0.25) is 0 Å². The van der Waals surface area contributed by atoms with Crippen LogP contribution in [0.4, 0.5) is 0 Å². The number of allylic oxidation sites excluding steroid dienone is 1. The maximum Gasteiger partial charge on any atom is 0.106 e. The van der Waals surface area contributed by atoms with E-state index >= 15 is 0 Å². The van der Waals surface area contributed by atoms with Gasteiger partial charge in [-0.3, -0.25) is 0 Å². The van der Waals surface area contributed by atoms with Gasteiger partial charge in [0, 0.05) is 0 Å². The van der Waals surface area contributed by atoms with Crippen molar-refractivity contribution in [2.24, 2.45) is 5.16 Å². The van der Waals surface area contributed by atoms with Gasteiger partial charge in [-0.2, -0.15) is 0 Å². The Morgan fingerprint density at radius 1 is 1.00 bits per heavy atom. The van der Waals surface area contributed by atoms with Gasteiger partial charge in [0.1, 0.15) is 7.11 Å². The number of hydrogen-bond acceptors (Lipinski definition) is 2. The molecule has 0 aliphatic carbocycles. The van der Waals surface area contributed by atoms with Gasteiger partial charge in [0.25, 0.3) is 0 Å². The van der Waals surface area contributed by atoms with E-state index in [0.29, 0.717) is 0 Å². The van der Waals surface area contributed by atoms with Crippen LogP contribution in [-0.2, 0) is 4.84 Å². The summed E-state index contributed by atoms with van der Waals surface area (Å²) in [5.41, 5.74) is 0. The molecular formula is C10H25NO. The molecule has 0 saturated heterocycles. The van der Waals surface area contributed by atoms with Crippen molar-refractivity contribution < 1.29 is 4.84 Å². The number of oxime groups is 1. The molecule has 0 unspecified atom stereocenters. The minimum absolute atomic E-state index is 1.47. The van der Waals surface area contributed by atoms with Crippen molar-refractivity contribution in [2.45, 2.75) is 41.5 Å². The molecule has 0 aliphatic heterocycles. The van der Waals surface area contributed by atoms with Crippen molar-refractivity contribution in [2.75, 3.05) is 7.11 Å². The van der Waals surface area contributed by atoms with Crippen LogP contribution in [0.3, 0.4) is 0 Å². The second-order valence-corrected chi connectivity index (χ2v) is 0.673. The standard InChI is InChI=1S/C4H7NO.3C2H6/c1-3-4-5-6-2;3*1-2/h3-4H,1H2,2H3;3*1-2H3/b5-4-;;;. The third kappa shape index (κ3) is 127. The van der Waals surface area contributed by atoms with E-state index in [-0.39, 0.29) is 0 Å². The van der Waals surface area contributed by atoms with Crippen LogP contribution in [0.25, 0.3) is 0 Å². The first kappa shape index (κ1) is 22.5. The predicted molar refractivity (Wildman–Crippen MR) is 59.7 cm³/mol. The van der Waals surface area contributed by atoms with Gasteiger partial charge in [-0.05, 0) is 6.08 Å². The molecule has 0 spiro atoms. The van der Waals surface area contributed by atoms with Gasteiger partial charge in [-0.15, -0.1) is 0 Å². The van der Waals surface area contributed by atoms with Crippen molar-refractivity contribution in [3.05, 3.63) is 12.7 Å². The summed E-state index contributed by atoms with van der Waals surface area (Å²) >= 11 is 0. The van der Waals surface area contributed by atoms with Gasteiger partial charge in [0.2, 0.25) is 0 Å². The van der Waals surface area contributed by atoms with Crippen LogP contribution in [0.15, 0.2) is 17.8 Å². The second-order valence-electron chi connectivity index (χ2n) is 0.673. The van der Waals surface area contributed by atoms with E-state index in [1.54, 1.807) is 6.08 Å². The van der Waals surface area contributed by atoms with E-state index in [0.717, 1.165) is 0 Å². The lowest BCUT2D eigenvalue weighted by molar-refractivity contribution is 0.215. The number of rotatable bonds is 2. The van der Waals surface area contributed by atoms with Crippen LogP contribution in [0.5, 0.6) is 0 Å². The van der Waals surface area contributed by atoms with Crippen molar-refractivity contribution in [1.82, 2.24) is 0 Å². The fourth-order valence-electron chi connectivity index (χ4n) is 0.104. The normalized spacial score (nSPS) is 5.92. The van der Waals surface area contributed by atoms with E-state index in [2.05, 4.69) is 16.6 Å². The molecule has 12 heavy (non-hydrogen) atoms. The van der Waals surface area contributed by atoms with E-state index in [4.69, 9.17) is 0 Å². The maximum absolute atomic E-state index is 4.28. The lowest BCUT2D eigenvalue weighted by atomic mass is 10.7. The first-order valence-electron chi connectivity index (χ1n) is 4.59. The van der Waals surface area contributed by atoms with E-state index in [9.17, 15) is 0 Å². The van der Waals surface area contributed by atoms with Gasteiger partial charge in [-0.25, -0.2) is 0 Å². The third-order valence-electron chi connectivity index (χ3n) is 0.272. The van der Waals surface area contributed by atoms with Crippen molar-refractivity contribution in [1.29, 1.82) is 0 Å². The molecule has 0 aliphatic rings. The molecule has 0 N–H and O–H groups in total. The average molecular weight is 175 g/mol. The zero-order chi connectivity index (χ0) is 10.8. The Morgan fingerprint density at radius 2 is 1.33 bits per heavy atom. The Labute approximate surface area is 78.3 Å². The molecule has 76 valence electrons. The summed E-state index contributed by atoms with van der Waals surface area (Å²) in [6.45, 7) is 15.4. The average Bonchev–Trinajstić information content (AvgIpc) is 2.24. The maximum atomic E-state index is 4.28. The summed E-state index contributed by atoms with van der Waals surface area (Å²) in [4.78, 5) is 4.28. The van der Waals surface area contributed by atoms with Crippen LogP contribution in [0, 0.1) is 0 Å². The molecule has 0 aromatic rings. The van der Waals surface area contributed by atoms with Crippen molar-refractivity contribution in [3.8, 4) is 0 Å². The fraction of sp³-hybridized carbons (Fsp3) is 0.700. The van der Waals surface area contributed by atoms with Crippen molar-refractivity contribution >= 4 is 6.21 Å². The Morgan fingerprint density at radius 3 is 1.42 bits per heavy atom. The highest BCUT2D eigenvalue weighted by Crippen LogP contribution is 1.60. The molecule has 0 amide bonds. The van der Waals surface area contributed by atoms with Gasteiger partial charge in [0.15, 0.2) is 0 Å². The zero-order valence-corrected chi connectivity index (χ0v) is 9.72. The number of hydrogen-bond donors (Lipinski definition) is 0. The van der Waals surface area contributed by atoms with Gasteiger partial charge in [-0.1, -0.05) is 53.3 Å². The highest BCUT2D eigenvalue weighted by molar-refractivity contribution is 5.69. The highest BCUT2D eigenvalue weighted by Gasteiger charge is 1.51. The lowest BCUT2D eigenvalue weighted by Gasteiger charge is -1.76. The monoisotopic (exact) mass is 175 g/mol. The largest absolute Gasteiger partial charge is 0.399 e. The summed E-state index contributed by atoms with van der Waals surface area (Å²) in [5.74, 6) is 0. The Hall–Kier alpha value is -0.790. The molecule has 0 heterocycles. The summed E-state index contributed by atoms with van der Waals surface area (Å²) in [6, 6.07) is 0. The second kappa shape index (κ2) is 84.0. The smallest absolute Gasteiger partial charge is 0.106 e. The van der Waals surface area contributed by atoms with Gasteiger partial charge in [0.05, 0.1) is 6.21 Å². The molecule has 0 saturated carbocycles. The minimum atomic E-state index is 1.47. The molecule has 2 nitrogen and oxygen atoms in total. The van der Waals surface area contributed by atoms with Gasteiger partial charge < -0.3 is 4.84 Å². The number of nitrogens with zero attached hydrogens (tertiary/aromatic N) is 1. The summed E-state index contributed by atoms with van der Waals surface area (Å²) in [5, 5.41) is 3.35.